The Morgan fingerprint density at radius 1 is 1.19 bits per heavy atom. The van der Waals surface area contributed by atoms with E-state index in [9.17, 15) is 9.50 Å². The summed E-state index contributed by atoms with van der Waals surface area (Å²) in [6.45, 7) is 11.6. The Bertz CT molecular complexity index is 325. The third-order valence-corrected chi connectivity index (χ3v) is 6.01. The van der Waals surface area contributed by atoms with E-state index >= 15 is 0 Å². The molecular formula is C18H35FOS. The van der Waals surface area contributed by atoms with Gasteiger partial charge in [-0.15, -0.1) is 12.6 Å². The molecule has 0 saturated carbocycles. The smallest absolute Gasteiger partial charge is 0.146 e. The molecule has 0 bridgehead atoms. The van der Waals surface area contributed by atoms with E-state index in [-0.39, 0.29) is 6.42 Å². The highest BCUT2D eigenvalue weighted by molar-refractivity contribution is 7.81. The van der Waals surface area contributed by atoms with Gasteiger partial charge in [-0.05, 0) is 38.5 Å². The summed E-state index contributed by atoms with van der Waals surface area (Å²) in [5.41, 5.74) is -2.28. The Morgan fingerprint density at radius 2 is 1.76 bits per heavy atom. The largest absolute Gasteiger partial charge is 0.376 e. The third kappa shape index (κ3) is 5.28. The normalized spacial score (nSPS) is 22.5. The SMILES string of the molecule is CCCC(C)(C/C=C\CC(C)CC)C(O)(S)[C@@](C)(F)CC. The highest BCUT2D eigenvalue weighted by Gasteiger charge is 2.55. The summed E-state index contributed by atoms with van der Waals surface area (Å²) in [6, 6.07) is 0. The minimum Gasteiger partial charge on any atom is -0.376 e. The molecule has 3 heteroatoms. The molecule has 126 valence electrons. The van der Waals surface area contributed by atoms with Gasteiger partial charge in [-0.25, -0.2) is 4.39 Å². The van der Waals surface area contributed by atoms with Gasteiger partial charge < -0.3 is 5.11 Å². The van der Waals surface area contributed by atoms with Crippen LogP contribution in [-0.4, -0.2) is 15.7 Å². The summed E-state index contributed by atoms with van der Waals surface area (Å²) in [5, 5.41) is 10.8. The first-order chi connectivity index (χ1) is 9.58. The van der Waals surface area contributed by atoms with Crippen molar-refractivity contribution in [3.63, 3.8) is 0 Å². The molecule has 0 aliphatic carbocycles. The quantitative estimate of drug-likeness (QED) is 0.290. The number of halogens is 1. The van der Waals surface area contributed by atoms with E-state index in [0.29, 0.717) is 12.3 Å². The number of allylic oxidation sites excluding steroid dienone is 2. The zero-order chi connectivity index (χ0) is 16.7. The summed E-state index contributed by atoms with van der Waals surface area (Å²) in [5.74, 6) is 0.663. The zero-order valence-electron chi connectivity index (χ0n) is 14.7. The molecule has 0 saturated heterocycles. The van der Waals surface area contributed by atoms with E-state index in [1.807, 2.05) is 6.92 Å². The number of rotatable bonds is 10. The summed E-state index contributed by atoms with van der Waals surface area (Å²) < 4.78 is 14.8. The molecule has 0 aromatic heterocycles. The van der Waals surface area contributed by atoms with E-state index < -0.39 is 16.0 Å². The Balaban J connectivity index is 5.07. The summed E-state index contributed by atoms with van der Waals surface area (Å²) in [6.07, 6.45) is 9.00. The molecule has 0 fully saturated rings. The highest BCUT2D eigenvalue weighted by Crippen LogP contribution is 2.50. The van der Waals surface area contributed by atoms with Gasteiger partial charge in [-0.1, -0.05) is 59.6 Å². The van der Waals surface area contributed by atoms with Crippen molar-refractivity contribution in [1.82, 2.24) is 0 Å². The molecular weight excluding hydrogens is 283 g/mol. The molecule has 1 nitrogen and oxygen atoms in total. The molecule has 0 amide bonds. The van der Waals surface area contributed by atoms with Crippen LogP contribution in [0.15, 0.2) is 12.2 Å². The van der Waals surface area contributed by atoms with Crippen LogP contribution in [0.25, 0.3) is 0 Å². The van der Waals surface area contributed by atoms with Crippen LogP contribution in [0.2, 0.25) is 0 Å². The predicted molar refractivity (Wildman–Crippen MR) is 94.6 cm³/mol. The van der Waals surface area contributed by atoms with Gasteiger partial charge in [0, 0.05) is 5.41 Å². The van der Waals surface area contributed by atoms with Crippen LogP contribution in [0.5, 0.6) is 0 Å². The number of hydrogen-bond acceptors (Lipinski definition) is 2. The van der Waals surface area contributed by atoms with E-state index in [1.54, 1.807) is 6.92 Å². The topological polar surface area (TPSA) is 20.2 Å². The van der Waals surface area contributed by atoms with Gasteiger partial charge >= 0.3 is 0 Å². The fraction of sp³-hybridized carbons (Fsp3) is 0.889. The first-order valence-electron chi connectivity index (χ1n) is 8.36. The van der Waals surface area contributed by atoms with Crippen molar-refractivity contribution in [2.75, 3.05) is 0 Å². The van der Waals surface area contributed by atoms with E-state index in [1.165, 1.54) is 6.92 Å². The second-order valence-corrected chi connectivity index (χ2v) is 7.61. The van der Waals surface area contributed by atoms with Gasteiger partial charge in [-0.2, -0.15) is 0 Å². The number of alkyl halides is 1. The lowest BCUT2D eigenvalue weighted by molar-refractivity contribution is -0.107. The third-order valence-electron chi connectivity index (χ3n) is 5.00. The number of thiol groups is 1. The molecule has 0 heterocycles. The standard InChI is InChI=1S/C18H35FOS/c1-7-13-16(5,14-11-10-12-15(4)8-2)18(20,21)17(6,19)9-3/h10-11,15,20-21H,7-9,12-14H2,1-6H3/b11-10-/t15?,16?,17-,18?/m0/s1. The summed E-state index contributed by atoms with van der Waals surface area (Å²) in [7, 11) is 0. The molecule has 0 aliphatic rings. The van der Waals surface area contributed by atoms with Crippen LogP contribution in [0.1, 0.15) is 80.1 Å². The van der Waals surface area contributed by atoms with Crippen LogP contribution in [-0.2, 0) is 0 Å². The van der Waals surface area contributed by atoms with Gasteiger partial charge in [0.05, 0.1) is 0 Å². The van der Waals surface area contributed by atoms with Gasteiger partial charge in [-0.3, -0.25) is 0 Å². The van der Waals surface area contributed by atoms with E-state index in [2.05, 4.69) is 45.6 Å². The second-order valence-electron chi connectivity index (χ2n) is 6.96. The Labute approximate surface area is 136 Å². The lowest BCUT2D eigenvalue weighted by atomic mass is 9.70. The van der Waals surface area contributed by atoms with Crippen LogP contribution < -0.4 is 0 Å². The lowest BCUT2D eigenvalue weighted by Crippen LogP contribution is -2.55. The Morgan fingerprint density at radius 3 is 2.19 bits per heavy atom. The summed E-state index contributed by atoms with van der Waals surface area (Å²) in [4.78, 5) is -1.63. The molecule has 1 N–H and O–H groups in total. The maximum Gasteiger partial charge on any atom is 0.146 e. The minimum absolute atomic E-state index is 0.253. The molecule has 0 rings (SSSR count). The molecule has 0 aromatic rings. The van der Waals surface area contributed by atoms with Crippen molar-refractivity contribution in [1.29, 1.82) is 0 Å². The van der Waals surface area contributed by atoms with E-state index in [4.69, 9.17) is 0 Å². The maximum atomic E-state index is 14.8. The van der Waals surface area contributed by atoms with Crippen molar-refractivity contribution in [3.8, 4) is 0 Å². The zero-order valence-corrected chi connectivity index (χ0v) is 15.6. The molecule has 4 atom stereocenters. The maximum absolute atomic E-state index is 14.8. The van der Waals surface area contributed by atoms with Crippen molar-refractivity contribution in [2.24, 2.45) is 11.3 Å². The molecule has 3 unspecified atom stereocenters. The average molecular weight is 319 g/mol. The molecule has 21 heavy (non-hydrogen) atoms. The molecule has 0 radical (unpaired) electrons. The first kappa shape index (κ1) is 21.0. The molecule has 0 spiro atoms. The Kier molecular flexibility index (Phi) is 8.56. The van der Waals surface area contributed by atoms with Crippen LogP contribution >= 0.6 is 12.6 Å². The van der Waals surface area contributed by atoms with Crippen molar-refractivity contribution in [2.45, 2.75) is 90.7 Å². The van der Waals surface area contributed by atoms with Crippen LogP contribution in [0.4, 0.5) is 4.39 Å². The van der Waals surface area contributed by atoms with Crippen molar-refractivity contribution < 1.29 is 9.50 Å². The minimum atomic E-state index is -1.70. The predicted octanol–water partition coefficient (Wildman–Crippen LogP) is 5.93. The van der Waals surface area contributed by atoms with Gasteiger partial charge in [0.2, 0.25) is 0 Å². The summed E-state index contributed by atoms with van der Waals surface area (Å²) >= 11 is 4.37. The Hall–Kier alpha value is -0.0200. The van der Waals surface area contributed by atoms with Gasteiger partial charge in [0.1, 0.15) is 10.6 Å². The van der Waals surface area contributed by atoms with Crippen molar-refractivity contribution >= 4 is 12.6 Å². The van der Waals surface area contributed by atoms with Crippen LogP contribution in [0, 0.1) is 11.3 Å². The molecule has 0 aromatic carbocycles. The van der Waals surface area contributed by atoms with Crippen LogP contribution in [0.3, 0.4) is 0 Å². The van der Waals surface area contributed by atoms with Gasteiger partial charge in [0.25, 0.3) is 0 Å². The van der Waals surface area contributed by atoms with Crippen molar-refractivity contribution in [3.05, 3.63) is 12.2 Å². The second kappa shape index (κ2) is 8.57. The van der Waals surface area contributed by atoms with Gasteiger partial charge in [0.15, 0.2) is 0 Å². The fourth-order valence-corrected chi connectivity index (χ4v) is 3.05. The molecule has 0 aliphatic heterocycles. The fourth-order valence-electron chi connectivity index (χ4n) is 2.68. The highest BCUT2D eigenvalue weighted by atomic mass is 32.1. The lowest BCUT2D eigenvalue weighted by Gasteiger charge is -2.48. The monoisotopic (exact) mass is 318 g/mol. The number of aliphatic hydroxyl groups is 1. The van der Waals surface area contributed by atoms with E-state index in [0.717, 1.165) is 25.7 Å². The first-order valence-corrected chi connectivity index (χ1v) is 8.81. The number of hydrogen-bond donors (Lipinski definition) is 2. The average Bonchev–Trinajstić information content (AvgIpc) is 2.43.